The summed E-state index contributed by atoms with van der Waals surface area (Å²) in [4.78, 5) is 18.3. The van der Waals surface area contributed by atoms with Crippen LogP contribution in [-0.2, 0) is 11.3 Å². The van der Waals surface area contributed by atoms with Gasteiger partial charge in [0, 0.05) is 31.5 Å². The van der Waals surface area contributed by atoms with E-state index in [-0.39, 0.29) is 18.5 Å². The van der Waals surface area contributed by atoms with Crippen LogP contribution >= 0.6 is 0 Å². The molecule has 0 spiro atoms. The highest BCUT2D eigenvalue weighted by molar-refractivity contribution is 5.78. The lowest BCUT2D eigenvalue weighted by atomic mass is 10.0. The van der Waals surface area contributed by atoms with Crippen molar-refractivity contribution in [3.05, 3.63) is 59.9 Å². The molecule has 25 heavy (non-hydrogen) atoms. The quantitative estimate of drug-likeness (QED) is 0.833. The normalized spacial score (nSPS) is 20.4. The minimum atomic E-state index is -0.428. The molecule has 6 heteroatoms. The van der Waals surface area contributed by atoms with Gasteiger partial charge in [-0.15, -0.1) is 0 Å². The van der Waals surface area contributed by atoms with Crippen molar-refractivity contribution >= 4 is 5.91 Å². The third-order valence-corrected chi connectivity index (χ3v) is 4.42. The summed E-state index contributed by atoms with van der Waals surface area (Å²) < 4.78 is 5.28. The van der Waals surface area contributed by atoms with Crippen molar-refractivity contribution in [1.29, 1.82) is 0 Å². The van der Waals surface area contributed by atoms with E-state index in [4.69, 9.17) is 4.74 Å². The van der Waals surface area contributed by atoms with Gasteiger partial charge in [-0.2, -0.15) is 0 Å². The van der Waals surface area contributed by atoms with Gasteiger partial charge >= 0.3 is 0 Å². The zero-order valence-electron chi connectivity index (χ0n) is 14.3. The van der Waals surface area contributed by atoms with Gasteiger partial charge in [0.05, 0.1) is 19.8 Å². The fourth-order valence-electron chi connectivity index (χ4n) is 3.19. The molecule has 1 fully saturated rings. The maximum atomic E-state index is 12.3. The van der Waals surface area contributed by atoms with Crippen molar-refractivity contribution in [2.24, 2.45) is 0 Å². The number of hydrogen-bond donors (Lipinski definition) is 2. The number of likely N-dealkylation sites (tertiary alicyclic amines) is 1. The molecular formula is C19H23N3O3. The van der Waals surface area contributed by atoms with Crippen molar-refractivity contribution in [2.75, 3.05) is 20.2 Å². The number of aliphatic hydroxyl groups excluding tert-OH is 1. The van der Waals surface area contributed by atoms with E-state index in [1.165, 1.54) is 0 Å². The second-order valence-corrected chi connectivity index (χ2v) is 6.25. The number of β-amino-alcohol motifs (C(OH)–C–C–N with tert-alkyl or cyclic N) is 1. The van der Waals surface area contributed by atoms with Crippen molar-refractivity contribution in [3.8, 4) is 5.75 Å². The maximum absolute atomic E-state index is 12.3. The van der Waals surface area contributed by atoms with E-state index in [1.807, 2.05) is 41.3 Å². The van der Waals surface area contributed by atoms with Crippen molar-refractivity contribution in [2.45, 2.75) is 25.1 Å². The highest BCUT2D eigenvalue weighted by Crippen LogP contribution is 2.33. The fourth-order valence-corrected chi connectivity index (χ4v) is 3.19. The molecule has 3 rings (SSSR count). The molecule has 1 aromatic heterocycles. The molecule has 1 amide bonds. The molecule has 2 atom stereocenters. The molecule has 0 radical (unpaired) electrons. The third-order valence-electron chi connectivity index (χ3n) is 4.42. The topological polar surface area (TPSA) is 74.7 Å². The van der Waals surface area contributed by atoms with Crippen LogP contribution in [0.2, 0.25) is 0 Å². The molecule has 0 bridgehead atoms. The van der Waals surface area contributed by atoms with Crippen LogP contribution in [0, 0.1) is 0 Å². The third kappa shape index (κ3) is 4.55. The largest absolute Gasteiger partial charge is 0.497 e. The number of carbonyl (C=O) groups excluding carboxylic acids is 1. The molecule has 2 aromatic rings. The first-order chi connectivity index (χ1) is 12.2. The van der Waals surface area contributed by atoms with E-state index in [9.17, 15) is 9.90 Å². The number of ether oxygens (including phenoxy) is 1. The average molecular weight is 341 g/mol. The molecule has 132 valence electrons. The van der Waals surface area contributed by atoms with Crippen LogP contribution < -0.4 is 10.1 Å². The Labute approximate surface area is 147 Å². The van der Waals surface area contributed by atoms with E-state index < -0.39 is 6.10 Å². The number of aliphatic hydroxyl groups is 1. The predicted octanol–water partition coefficient (Wildman–Crippen LogP) is 1.51. The van der Waals surface area contributed by atoms with E-state index in [0.29, 0.717) is 19.5 Å². The van der Waals surface area contributed by atoms with Gasteiger partial charge < -0.3 is 15.2 Å². The number of hydrogen-bond acceptors (Lipinski definition) is 5. The van der Waals surface area contributed by atoms with E-state index in [0.717, 1.165) is 16.9 Å². The van der Waals surface area contributed by atoms with Crippen LogP contribution in [-0.4, -0.2) is 47.2 Å². The van der Waals surface area contributed by atoms with Crippen LogP contribution in [0.25, 0.3) is 0 Å². The number of amides is 1. The van der Waals surface area contributed by atoms with Crippen molar-refractivity contribution in [1.82, 2.24) is 15.2 Å². The van der Waals surface area contributed by atoms with Gasteiger partial charge in [-0.3, -0.25) is 14.7 Å². The smallest absolute Gasteiger partial charge is 0.234 e. The molecular weight excluding hydrogens is 318 g/mol. The number of methoxy groups -OCH3 is 1. The van der Waals surface area contributed by atoms with Gasteiger partial charge in [0.2, 0.25) is 5.91 Å². The molecule has 6 nitrogen and oxygen atoms in total. The average Bonchev–Trinajstić information content (AvgIpc) is 3.01. The minimum Gasteiger partial charge on any atom is -0.497 e. The van der Waals surface area contributed by atoms with Crippen molar-refractivity contribution in [3.63, 3.8) is 0 Å². The molecule has 1 aromatic carbocycles. The van der Waals surface area contributed by atoms with Crippen LogP contribution in [0.1, 0.15) is 23.6 Å². The summed E-state index contributed by atoms with van der Waals surface area (Å²) in [6, 6.07) is 11.6. The lowest BCUT2D eigenvalue weighted by Crippen LogP contribution is -2.37. The Morgan fingerprint density at radius 1 is 1.40 bits per heavy atom. The molecule has 1 saturated heterocycles. The Kier molecular flexibility index (Phi) is 5.63. The number of aromatic nitrogens is 1. The number of rotatable bonds is 6. The molecule has 0 unspecified atom stereocenters. The summed E-state index contributed by atoms with van der Waals surface area (Å²) in [7, 11) is 1.63. The molecule has 1 aliphatic rings. The number of carbonyl (C=O) groups is 1. The second kappa shape index (κ2) is 8.09. The first-order valence-corrected chi connectivity index (χ1v) is 8.37. The second-order valence-electron chi connectivity index (χ2n) is 6.25. The summed E-state index contributed by atoms with van der Waals surface area (Å²) in [5, 5.41) is 13.0. The number of benzene rings is 1. The summed E-state index contributed by atoms with van der Waals surface area (Å²) in [6.07, 6.45) is 3.62. The zero-order valence-corrected chi connectivity index (χ0v) is 14.3. The van der Waals surface area contributed by atoms with Gasteiger partial charge in [0.25, 0.3) is 0 Å². The Morgan fingerprint density at radius 2 is 2.28 bits per heavy atom. The molecule has 2 heterocycles. The van der Waals surface area contributed by atoms with Crippen LogP contribution in [0.4, 0.5) is 0 Å². The monoisotopic (exact) mass is 341 g/mol. The Morgan fingerprint density at radius 3 is 3.04 bits per heavy atom. The van der Waals surface area contributed by atoms with Gasteiger partial charge in [-0.1, -0.05) is 18.2 Å². The Bertz CT molecular complexity index is 708. The van der Waals surface area contributed by atoms with E-state index in [2.05, 4.69) is 10.3 Å². The lowest BCUT2D eigenvalue weighted by molar-refractivity contribution is -0.122. The van der Waals surface area contributed by atoms with E-state index in [1.54, 1.807) is 19.5 Å². The van der Waals surface area contributed by atoms with Gasteiger partial charge in [-0.05, 0) is 35.7 Å². The number of nitrogens with one attached hydrogen (secondary N) is 1. The summed E-state index contributed by atoms with van der Waals surface area (Å²) >= 11 is 0. The predicted molar refractivity (Wildman–Crippen MR) is 94.0 cm³/mol. The van der Waals surface area contributed by atoms with Gasteiger partial charge in [-0.25, -0.2) is 0 Å². The fraction of sp³-hybridized carbons (Fsp3) is 0.368. The van der Waals surface area contributed by atoms with Gasteiger partial charge in [0.1, 0.15) is 5.75 Å². The molecule has 1 aliphatic heterocycles. The van der Waals surface area contributed by atoms with E-state index >= 15 is 0 Å². The zero-order chi connectivity index (χ0) is 17.6. The highest BCUT2D eigenvalue weighted by Gasteiger charge is 2.33. The Balaban J connectivity index is 1.62. The van der Waals surface area contributed by atoms with Crippen LogP contribution in [0.3, 0.4) is 0 Å². The Hall–Kier alpha value is -2.44. The first kappa shape index (κ1) is 17.4. The van der Waals surface area contributed by atoms with Gasteiger partial charge in [0.15, 0.2) is 0 Å². The highest BCUT2D eigenvalue weighted by atomic mass is 16.5. The minimum absolute atomic E-state index is 0.00856. The summed E-state index contributed by atoms with van der Waals surface area (Å²) in [5.74, 6) is 0.714. The SMILES string of the molecule is COc1cccc([C@@H]2C[C@H](O)CN2CC(=O)NCc2cccnc2)c1. The van der Waals surface area contributed by atoms with Crippen LogP contribution in [0.5, 0.6) is 5.75 Å². The molecule has 2 N–H and O–H groups in total. The summed E-state index contributed by atoms with van der Waals surface area (Å²) in [6.45, 7) is 1.19. The maximum Gasteiger partial charge on any atom is 0.234 e. The number of pyridine rings is 1. The lowest BCUT2D eigenvalue weighted by Gasteiger charge is -2.24. The summed E-state index contributed by atoms with van der Waals surface area (Å²) in [5.41, 5.74) is 2.01. The number of nitrogens with zero attached hydrogens (tertiary/aromatic N) is 2. The molecule has 0 aliphatic carbocycles. The van der Waals surface area contributed by atoms with Crippen LogP contribution in [0.15, 0.2) is 48.8 Å². The standard InChI is InChI=1S/C19H23N3O3/c1-25-17-6-2-5-15(8-17)18-9-16(23)12-22(18)13-19(24)21-11-14-4-3-7-20-10-14/h2-8,10,16,18,23H,9,11-13H2,1H3,(H,21,24)/t16-,18-/m0/s1. The first-order valence-electron chi connectivity index (χ1n) is 8.37. The molecule has 0 saturated carbocycles. The van der Waals surface area contributed by atoms with Crippen molar-refractivity contribution < 1.29 is 14.6 Å².